The van der Waals surface area contributed by atoms with Crippen molar-refractivity contribution in [2.45, 2.75) is 26.1 Å². The molecule has 0 N–H and O–H groups in total. The van der Waals surface area contributed by atoms with Crippen LogP contribution in [0.15, 0.2) is 48.5 Å². The van der Waals surface area contributed by atoms with Crippen LogP contribution in [-0.4, -0.2) is 24.6 Å². The maximum absolute atomic E-state index is 12.9. The Bertz CT molecular complexity index is 753. The third-order valence-electron chi connectivity index (χ3n) is 3.40. The van der Waals surface area contributed by atoms with Gasteiger partial charge < -0.3 is 14.2 Å². The lowest BCUT2D eigenvalue weighted by Crippen LogP contribution is -2.39. The molecule has 0 atom stereocenters. The average molecular weight is 346 g/mol. The molecular formula is C19H19FO5. The van der Waals surface area contributed by atoms with E-state index in [2.05, 4.69) is 4.74 Å². The van der Waals surface area contributed by atoms with Crippen LogP contribution in [0.4, 0.5) is 4.39 Å². The van der Waals surface area contributed by atoms with Gasteiger partial charge in [-0.25, -0.2) is 14.0 Å². The van der Waals surface area contributed by atoms with Gasteiger partial charge in [0.1, 0.15) is 18.2 Å². The monoisotopic (exact) mass is 346 g/mol. The number of carbonyl (C=O) groups is 2. The van der Waals surface area contributed by atoms with Crippen molar-refractivity contribution in [3.63, 3.8) is 0 Å². The zero-order valence-corrected chi connectivity index (χ0v) is 14.2. The van der Waals surface area contributed by atoms with Crippen molar-refractivity contribution in [2.24, 2.45) is 0 Å². The first kappa shape index (κ1) is 18.4. The van der Waals surface area contributed by atoms with Gasteiger partial charge in [0, 0.05) is 0 Å². The minimum Gasteiger partial charge on any atom is -0.476 e. The number of carbonyl (C=O) groups excluding carboxylic acids is 2. The summed E-state index contributed by atoms with van der Waals surface area (Å²) in [6, 6.07) is 12.0. The Morgan fingerprint density at radius 3 is 2.40 bits per heavy atom. The highest BCUT2D eigenvalue weighted by Gasteiger charge is 2.32. The summed E-state index contributed by atoms with van der Waals surface area (Å²) >= 11 is 0. The fourth-order valence-electron chi connectivity index (χ4n) is 2.07. The largest absolute Gasteiger partial charge is 0.476 e. The van der Waals surface area contributed by atoms with Gasteiger partial charge in [-0.2, -0.15) is 0 Å². The van der Waals surface area contributed by atoms with Gasteiger partial charge >= 0.3 is 11.9 Å². The standard InChI is InChI=1S/C19H19FO5/c1-19(2,25-16-9-7-15(20)8-10-16)18(22)24-12-13-5-4-6-14(11-13)17(21)23-3/h4-11H,12H2,1-3H3. The number of esters is 2. The van der Waals surface area contributed by atoms with Gasteiger partial charge in [-0.3, -0.25) is 0 Å². The molecule has 2 rings (SSSR count). The van der Waals surface area contributed by atoms with Gasteiger partial charge in [-0.1, -0.05) is 12.1 Å². The van der Waals surface area contributed by atoms with E-state index in [0.717, 1.165) is 0 Å². The predicted molar refractivity (Wildman–Crippen MR) is 88.7 cm³/mol. The van der Waals surface area contributed by atoms with Crippen LogP contribution >= 0.6 is 0 Å². The molecule has 0 aliphatic carbocycles. The number of hydrogen-bond acceptors (Lipinski definition) is 5. The number of ether oxygens (including phenoxy) is 3. The highest BCUT2D eigenvalue weighted by molar-refractivity contribution is 5.89. The molecule has 0 heterocycles. The molecule has 0 amide bonds. The van der Waals surface area contributed by atoms with Crippen molar-refractivity contribution in [3.8, 4) is 5.75 Å². The lowest BCUT2D eigenvalue weighted by Gasteiger charge is -2.24. The smallest absolute Gasteiger partial charge is 0.350 e. The van der Waals surface area contributed by atoms with E-state index in [9.17, 15) is 14.0 Å². The minimum atomic E-state index is -1.25. The summed E-state index contributed by atoms with van der Waals surface area (Å²) in [6.45, 7) is 3.10. The molecule has 2 aromatic rings. The van der Waals surface area contributed by atoms with Crippen LogP contribution in [-0.2, 0) is 20.9 Å². The fourth-order valence-corrected chi connectivity index (χ4v) is 2.07. The predicted octanol–water partition coefficient (Wildman–Crippen LogP) is 3.51. The molecule has 0 aromatic heterocycles. The minimum absolute atomic E-state index is 0.0140. The highest BCUT2D eigenvalue weighted by atomic mass is 19.1. The van der Waals surface area contributed by atoms with Crippen LogP contribution in [0, 0.1) is 5.82 Å². The number of hydrogen-bond donors (Lipinski definition) is 0. The molecular weight excluding hydrogens is 327 g/mol. The Morgan fingerprint density at radius 1 is 1.08 bits per heavy atom. The SMILES string of the molecule is COC(=O)c1cccc(COC(=O)C(C)(C)Oc2ccc(F)cc2)c1. The van der Waals surface area contributed by atoms with E-state index in [1.54, 1.807) is 38.1 Å². The van der Waals surface area contributed by atoms with E-state index in [0.29, 0.717) is 16.9 Å². The van der Waals surface area contributed by atoms with Crippen molar-refractivity contribution >= 4 is 11.9 Å². The summed E-state index contributed by atoms with van der Waals surface area (Å²) in [6.07, 6.45) is 0. The van der Waals surface area contributed by atoms with Crippen LogP contribution in [0.1, 0.15) is 29.8 Å². The molecule has 0 unspecified atom stereocenters. The maximum atomic E-state index is 12.9. The van der Waals surface area contributed by atoms with Crippen LogP contribution in [0.5, 0.6) is 5.75 Å². The normalized spacial score (nSPS) is 10.9. The molecule has 5 nitrogen and oxygen atoms in total. The van der Waals surface area contributed by atoms with Gasteiger partial charge in [-0.15, -0.1) is 0 Å². The molecule has 6 heteroatoms. The lowest BCUT2D eigenvalue weighted by atomic mass is 10.1. The van der Waals surface area contributed by atoms with E-state index in [1.165, 1.54) is 31.4 Å². The molecule has 0 aliphatic heterocycles. The van der Waals surface area contributed by atoms with E-state index >= 15 is 0 Å². The molecule has 0 spiro atoms. The summed E-state index contributed by atoms with van der Waals surface area (Å²) in [5, 5.41) is 0. The van der Waals surface area contributed by atoms with Gasteiger partial charge in [0.2, 0.25) is 0 Å². The summed E-state index contributed by atoms with van der Waals surface area (Å²) in [5.74, 6) is -1.08. The Morgan fingerprint density at radius 2 is 1.76 bits per heavy atom. The van der Waals surface area contributed by atoms with Gasteiger partial charge in [0.15, 0.2) is 5.60 Å². The Kier molecular flexibility index (Phi) is 5.75. The Labute approximate surface area is 145 Å². The third-order valence-corrected chi connectivity index (χ3v) is 3.40. The van der Waals surface area contributed by atoms with Crippen molar-refractivity contribution in [2.75, 3.05) is 7.11 Å². The highest BCUT2D eigenvalue weighted by Crippen LogP contribution is 2.20. The molecule has 0 saturated heterocycles. The van der Waals surface area contributed by atoms with Crippen LogP contribution in [0.25, 0.3) is 0 Å². The first-order valence-electron chi connectivity index (χ1n) is 7.61. The summed E-state index contributed by atoms with van der Waals surface area (Å²) < 4.78 is 28.4. The van der Waals surface area contributed by atoms with Gasteiger partial charge in [0.25, 0.3) is 0 Å². The molecule has 0 aliphatic rings. The van der Waals surface area contributed by atoms with Crippen molar-refractivity contribution in [3.05, 3.63) is 65.5 Å². The second kappa shape index (κ2) is 7.79. The van der Waals surface area contributed by atoms with Crippen molar-refractivity contribution in [1.82, 2.24) is 0 Å². The first-order valence-corrected chi connectivity index (χ1v) is 7.61. The Hall–Kier alpha value is -2.89. The number of halogens is 1. The topological polar surface area (TPSA) is 61.8 Å². The Balaban J connectivity index is 1.98. The van der Waals surface area contributed by atoms with E-state index in [1.807, 2.05) is 0 Å². The van der Waals surface area contributed by atoms with Crippen LogP contribution < -0.4 is 4.74 Å². The fraction of sp³-hybridized carbons (Fsp3) is 0.263. The molecule has 0 saturated carbocycles. The van der Waals surface area contributed by atoms with E-state index < -0.39 is 23.4 Å². The average Bonchev–Trinajstić information content (AvgIpc) is 2.61. The van der Waals surface area contributed by atoms with Crippen LogP contribution in [0.3, 0.4) is 0 Å². The molecule has 132 valence electrons. The third kappa shape index (κ3) is 5.04. The second-order valence-electron chi connectivity index (χ2n) is 5.83. The second-order valence-corrected chi connectivity index (χ2v) is 5.83. The first-order chi connectivity index (χ1) is 11.8. The molecule has 25 heavy (non-hydrogen) atoms. The van der Waals surface area contributed by atoms with E-state index in [4.69, 9.17) is 9.47 Å². The number of methoxy groups -OCH3 is 1. The van der Waals surface area contributed by atoms with Crippen molar-refractivity contribution < 1.29 is 28.2 Å². The molecule has 2 aromatic carbocycles. The van der Waals surface area contributed by atoms with Gasteiger partial charge in [-0.05, 0) is 55.8 Å². The molecule has 0 fully saturated rings. The summed E-state index contributed by atoms with van der Waals surface area (Å²) in [4.78, 5) is 23.8. The quantitative estimate of drug-likeness (QED) is 0.749. The number of rotatable bonds is 6. The summed E-state index contributed by atoms with van der Waals surface area (Å²) in [7, 11) is 1.30. The lowest BCUT2D eigenvalue weighted by molar-refractivity contribution is -0.160. The number of benzene rings is 2. The maximum Gasteiger partial charge on any atom is 0.350 e. The summed E-state index contributed by atoms with van der Waals surface area (Å²) in [5.41, 5.74) is -0.232. The van der Waals surface area contributed by atoms with Crippen molar-refractivity contribution in [1.29, 1.82) is 0 Å². The van der Waals surface area contributed by atoms with Gasteiger partial charge in [0.05, 0.1) is 12.7 Å². The molecule has 0 bridgehead atoms. The van der Waals surface area contributed by atoms with E-state index in [-0.39, 0.29) is 6.61 Å². The zero-order valence-electron chi connectivity index (χ0n) is 14.2. The van der Waals surface area contributed by atoms with Crippen LogP contribution in [0.2, 0.25) is 0 Å². The zero-order chi connectivity index (χ0) is 18.4. The molecule has 0 radical (unpaired) electrons.